The van der Waals surface area contributed by atoms with Crippen LogP contribution in [0.5, 0.6) is 0 Å². The molecule has 3 rings (SSSR count). The number of hydrogen-bond donors (Lipinski definition) is 3. The maximum Gasteiger partial charge on any atom is 0.313 e. The first kappa shape index (κ1) is 24.0. The molecule has 0 radical (unpaired) electrons. The normalized spacial score (nSPS) is 22.4. The topological polar surface area (TPSA) is 78.4 Å². The van der Waals surface area contributed by atoms with Gasteiger partial charge in [-0.1, -0.05) is 48.0 Å². The predicted molar refractivity (Wildman–Crippen MR) is 124 cm³/mol. The smallest absolute Gasteiger partial charge is 0.313 e. The van der Waals surface area contributed by atoms with Crippen molar-refractivity contribution < 1.29 is 19.1 Å². The molecule has 2 aromatic carbocycles. The fourth-order valence-corrected chi connectivity index (χ4v) is 4.43. The molecule has 2 amide bonds. The second-order valence-corrected chi connectivity index (χ2v) is 9.02. The maximum atomic E-state index is 13.6. The lowest BCUT2D eigenvalue weighted by molar-refractivity contribution is -0.137. The third-order valence-electron chi connectivity index (χ3n) is 6.07. The number of anilines is 1. The average Bonchev–Trinajstić information content (AvgIpc) is 2.77. The summed E-state index contributed by atoms with van der Waals surface area (Å²) in [5.74, 6) is -2.11. The number of halogens is 2. The average molecular weight is 459 g/mol. The molecule has 7 heteroatoms. The van der Waals surface area contributed by atoms with Crippen LogP contribution < -0.4 is 10.6 Å². The van der Waals surface area contributed by atoms with Crippen LogP contribution in [-0.4, -0.2) is 28.6 Å². The quantitative estimate of drug-likeness (QED) is 0.429. The van der Waals surface area contributed by atoms with E-state index in [4.69, 9.17) is 11.6 Å². The third-order valence-corrected chi connectivity index (χ3v) is 6.38. The first-order chi connectivity index (χ1) is 15.2. The lowest BCUT2D eigenvalue weighted by atomic mass is 9.71. The van der Waals surface area contributed by atoms with Crippen LogP contribution in [0.2, 0.25) is 5.02 Å². The zero-order valence-electron chi connectivity index (χ0n) is 18.0. The van der Waals surface area contributed by atoms with E-state index in [1.807, 2.05) is 18.2 Å². The van der Waals surface area contributed by atoms with Crippen LogP contribution in [0.4, 0.5) is 10.1 Å². The van der Waals surface area contributed by atoms with Crippen molar-refractivity contribution in [3.63, 3.8) is 0 Å². The van der Waals surface area contributed by atoms with E-state index in [0.29, 0.717) is 18.8 Å². The Kier molecular flexibility index (Phi) is 7.69. The second kappa shape index (κ2) is 10.3. The molecular weight excluding hydrogens is 431 g/mol. The Labute approximate surface area is 192 Å². The number of rotatable bonds is 6. The van der Waals surface area contributed by atoms with Crippen molar-refractivity contribution in [3.05, 3.63) is 77.6 Å². The second-order valence-electron chi connectivity index (χ2n) is 8.61. The van der Waals surface area contributed by atoms with Crippen molar-refractivity contribution >= 4 is 29.1 Å². The zero-order valence-corrected chi connectivity index (χ0v) is 18.7. The number of hydrogen-bond acceptors (Lipinski definition) is 3. The fourth-order valence-electron chi connectivity index (χ4n) is 4.32. The summed E-state index contributed by atoms with van der Waals surface area (Å²) in [5, 5.41) is 15.7. The molecule has 1 aliphatic carbocycles. The molecule has 0 saturated heterocycles. The molecule has 4 atom stereocenters. The SMILES string of the molecule is C=CC(C)(O)CC1CC(c2ccccc2)CCC1NC(=O)C(=O)Nc1ccc(Cl)c(F)c1. The van der Waals surface area contributed by atoms with Crippen LogP contribution in [0, 0.1) is 11.7 Å². The van der Waals surface area contributed by atoms with E-state index in [1.165, 1.54) is 23.8 Å². The summed E-state index contributed by atoms with van der Waals surface area (Å²) in [6, 6.07) is 13.7. The van der Waals surface area contributed by atoms with Gasteiger partial charge >= 0.3 is 11.8 Å². The maximum absolute atomic E-state index is 13.6. The largest absolute Gasteiger partial charge is 0.386 e. The van der Waals surface area contributed by atoms with Gasteiger partial charge in [0.1, 0.15) is 5.82 Å². The number of carbonyl (C=O) groups excluding carboxylic acids is 2. The molecule has 170 valence electrons. The number of nitrogens with one attached hydrogen (secondary N) is 2. The van der Waals surface area contributed by atoms with Gasteiger partial charge in [0.25, 0.3) is 0 Å². The van der Waals surface area contributed by atoms with Crippen LogP contribution in [0.1, 0.15) is 44.1 Å². The minimum atomic E-state index is -1.09. The van der Waals surface area contributed by atoms with Crippen molar-refractivity contribution in [1.29, 1.82) is 0 Å². The van der Waals surface area contributed by atoms with E-state index in [0.717, 1.165) is 18.9 Å². The van der Waals surface area contributed by atoms with Crippen molar-refractivity contribution in [2.75, 3.05) is 5.32 Å². The summed E-state index contributed by atoms with van der Waals surface area (Å²) in [6.45, 7) is 5.40. The van der Waals surface area contributed by atoms with Crippen LogP contribution in [0.3, 0.4) is 0 Å². The minimum absolute atomic E-state index is 0.0494. The molecule has 1 saturated carbocycles. The Morgan fingerprint density at radius 2 is 1.94 bits per heavy atom. The predicted octanol–water partition coefficient (Wildman–Crippen LogP) is 4.81. The summed E-state index contributed by atoms with van der Waals surface area (Å²) in [7, 11) is 0. The van der Waals surface area contributed by atoms with Gasteiger partial charge in [-0.15, -0.1) is 6.58 Å². The number of benzene rings is 2. The minimum Gasteiger partial charge on any atom is -0.386 e. The highest BCUT2D eigenvalue weighted by molar-refractivity contribution is 6.39. The van der Waals surface area contributed by atoms with Crippen LogP contribution >= 0.6 is 11.6 Å². The molecule has 0 aromatic heterocycles. The molecule has 2 aromatic rings. The van der Waals surface area contributed by atoms with E-state index < -0.39 is 23.2 Å². The van der Waals surface area contributed by atoms with Gasteiger partial charge in [0, 0.05) is 11.7 Å². The molecule has 1 fully saturated rings. The van der Waals surface area contributed by atoms with Crippen LogP contribution in [-0.2, 0) is 9.59 Å². The molecule has 5 nitrogen and oxygen atoms in total. The number of amides is 2. The highest BCUT2D eigenvalue weighted by Crippen LogP contribution is 2.40. The van der Waals surface area contributed by atoms with Gasteiger partial charge in [-0.05, 0) is 68.2 Å². The van der Waals surface area contributed by atoms with Gasteiger partial charge < -0.3 is 15.7 Å². The summed E-state index contributed by atoms with van der Waals surface area (Å²) in [4.78, 5) is 24.9. The summed E-state index contributed by atoms with van der Waals surface area (Å²) < 4.78 is 13.6. The van der Waals surface area contributed by atoms with E-state index >= 15 is 0 Å². The molecule has 1 aliphatic rings. The van der Waals surface area contributed by atoms with Crippen molar-refractivity contribution in [3.8, 4) is 0 Å². The first-order valence-electron chi connectivity index (χ1n) is 10.7. The third kappa shape index (κ3) is 6.17. The van der Waals surface area contributed by atoms with Gasteiger partial charge in [0.15, 0.2) is 0 Å². The monoisotopic (exact) mass is 458 g/mol. The van der Waals surface area contributed by atoms with Gasteiger partial charge in [0.2, 0.25) is 0 Å². The van der Waals surface area contributed by atoms with E-state index in [1.54, 1.807) is 6.92 Å². The lowest BCUT2D eigenvalue weighted by Crippen LogP contribution is -2.48. The highest BCUT2D eigenvalue weighted by atomic mass is 35.5. The van der Waals surface area contributed by atoms with Crippen LogP contribution in [0.15, 0.2) is 61.2 Å². The highest BCUT2D eigenvalue weighted by Gasteiger charge is 2.36. The fraction of sp³-hybridized carbons (Fsp3) is 0.360. The van der Waals surface area contributed by atoms with Crippen LogP contribution in [0.25, 0.3) is 0 Å². The molecule has 0 aliphatic heterocycles. The van der Waals surface area contributed by atoms with Gasteiger partial charge in [-0.3, -0.25) is 9.59 Å². The molecule has 32 heavy (non-hydrogen) atoms. The number of aliphatic hydroxyl groups is 1. The first-order valence-corrected chi connectivity index (χ1v) is 11.0. The van der Waals surface area contributed by atoms with E-state index in [-0.39, 0.29) is 22.7 Å². The Hall–Kier alpha value is -2.70. The number of carbonyl (C=O) groups is 2. The van der Waals surface area contributed by atoms with E-state index in [9.17, 15) is 19.1 Å². The zero-order chi connectivity index (χ0) is 23.3. The van der Waals surface area contributed by atoms with Crippen molar-refractivity contribution in [1.82, 2.24) is 5.32 Å². The van der Waals surface area contributed by atoms with Gasteiger partial charge in [-0.25, -0.2) is 4.39 Å². The molecule has 0 spiro atoms. The molecular formula is C25H28ClFN2O3. The van der Waals surface area contributed by atoms with Crippen molar-refractivity contribution in [2.24, 2.45) is 5.92 Å². The molecule has 0 heterocycles. The molecule has 3 N–H and O–H groups in total. The van der Waals surface area contributed by atoms with Gasteiger partial charge in [-0.2, -0.15) is 0 Å². The standard InChI is InChI=1S/C25H28ClFN2O3/c1-3-25(2,32)15-18-13-17(16-7-5-4-6-8-16)9-12-22(18)29-24(31)23(30)28-19-10-11-20(26)21(27)14-19/h3-8,10-11,14,17-18,22,32H,1,9,12-13,15H2,2H3,(H,28,30)(H,29,31). The van der Waals surface area contributed by atoms with Gasteiger partial charge in [0.05, 0.1) is 10.6 Å². The summed E-state index contributed by atoms with van der Waals surface area (Å²) in [6.07, 6.45) is 4.20. The lowest BCUT2D eigenvalue weighted by Gasteiger charge is -2.39. The molecule has 0 bridgehead atoms. The Morgan fingerprint density at radius 3 is 2.59 bits per heavy atom. The molecule has 4 unspecified atom stereocenters. The Bertz CT molecular complexity index is 980. The Balaban J connectivity index is 1.69. The van der Waals surface area contributed by atoms with Crippen molar-refractivity contribution in [2.45, 2.75) is 50.2 Å². The summed E-state index contributed by atoms with van der Waals surface area (Å²) in [5.41, 5.74) is 0.281. The Morgan fingerprint density at radius 1 is 1.22 bits per heavy atom. The summed E-state index contributed by atoms with van der Waals surface area (Å²) >= 11 is 5.65. The van der Waals surface area contributed by atoms with E-state index in [2.05, 4.69) is 29.3 Å².